The number of rotatable bonds is 6. The zero-order valence-corrected chi connectivity index (χ0v) is 15.3. The fourth-order valence-electron chi connectivity index (χ4n) is 3.28. The van der Waals surface area contributed by atoms with Crippen molar-refractivity contribution >= 4 is 5.91 Å². The maximum atomic E-state index is 12.9. The van der Waals surface area contributed by atoms with Gasteiger partial charge in [0.25, 0.3) is 0 Å². The smallest absolute Gasteiger partial charge is 0.416 e. The minimum Gasteiger partial charge on any atom is -0.508 e. The number of hydrogen-bond donors (Lipinski definition) is 1. The predicted octanol–water partition coefficient (Wildman–Crippen LogP) is 4.16. The first-order valence-electron chi connectivity index (χ1n) is 9.15. The maximum absolute atomic E-state index is 12.9. The summed E-state index contributed by atoms with van der Waals surface area (Å²) in [6, 6.07) is 11.5. The van der Waals surface area contributed by atoms with Crippen molar-refractivity contribution < 1.29 is 27.8 Å². The van der Waals surface area contributed by atoms with Crippen molar-refractivity contribution in [1.29, 1.82) is 0 Å². The van der Waals surface area contributed by atoms with Gasteiger partial charge in [-0.2, -0.15) is 13.2 Å². The monoisotopic (exact) mass is 393 g/mol. The Morgan fingerprint density at radius 3 is 2.64 bits per heavy atom. The predicted molar refractivity (Wildman–Crippen MR) is 97.6 cm³/mol. The number of halogens is 3. The largest absolute Gasteiger partial charge is 0.508 e. The van der Waals surface area contributed by atoms with Crippen molar-refractivity contribution in [1.82, 2.24) is 4.90 Å². The molecule has 0 aliphatic carbocycles. The van der Waals surface area contributed by atoms with Gasteiger partial charge in [-0.05, 0) is 30.5 Å². The lowest BCUT2D eigenvalue weighted by atomic mass is 10.1. The molecule has 1 aliphatic rings. The van der Waals surface area contributed by atoms with Gasteiger partial charge in [-0.15, -0.1) is 0 Å². The fourth-order valence-corrected chi connectivity index (χ4v) is 3.28. The van der Waals surface area contributed by atoms with Crippen molar-refractivity contribution in [2.24, 2.45) is 0 Å². The van der Waals surface area contributed by atoms with Gasteiger partial charge >= 0.3 is 6.18 Å². The third-order valence-electron chi connectivity index (χ3n) is 4.76. The molecule has 0 saturated carbocycles. The van der Waals surface area contributed by atoms with Gasteiger partial charge in [0, 0.05) is 25.3 Å². The minimum atomic E-state index is -4.45. The van der Waals surface area contributed by atoms with E-state index < -0.39 is 11.7 Å². The third-order valence-corrected chi connectivity index (χ3v) is 4.76. The first-order chi connectivity index (χ1) is 13.3. The average molecular weight is 393 g/mol. The molecule has 3 rings (SSSR count). The van der Waals surface area contributed by atoms with Crippen molar-refractivity contribution in [3.63, 3.8) is 0 Å². The highest BCUT2D eigenvalue weighted by molar-refractivity contribution is 5.79. The van der Waals surface area contributed by atoms with E-state index in [0.29, 0.717) is 24.3 Å². The highest BCUT2D eigenvalue weighted by atomic mass is 19.4. The van der Waals surface area contributed by atoms with E-state index in [1.165, 1.54) is 18.2 Å². The molecule has 28 heavy (non-hydrogen) atoms. The molecular weight excluding hydrogens is 371 g/mol. The van der Waals surface area contributed by atoms with Crippen LogP contribution in [0.4, 0.5) is 13.2 Å². The van der Waals surface area contributed by atoms with E-state index in [9.17, 15) is 23.1 Å². The molecule has 1 aliphatic heterocycles. The van der Waals surface area contributed by atoms with Crippen molar-refractivity contribution in [2.45, 2.75) is 38.1 Å². The van der Waals surface area contributed by atoms with Crippen LogP contribution in [0, 0.1) is 0 Å². The Labute approximate surface area is 161 Å². The second-order valence-electron chi connectivity index (χ2n) is 6.91. The average Bonchev–Trinajstić information content (AvgIpc) is 3.15. The lowest BCUT2D eigenvalue weighted by molar-refractivity contribution is -0.138. The molecule has 1 saturated heterocycles. The molecular formula is C21H22F3NO3. The molecule has 0 spiro atoms. The number of carbonyl (C=O) groups is 1. The van der Waals surface area contributed by atoms with Crippen LogP contribution in [0.5, 0.6) is 5.75 Å². The molecule has 1 atom stereocenters. The van der Waals surface area contributed by atoms with Crippen LogP contribution in [0.2, 0.25) is 0 Å². The van der Waals surface area contributed by atoms with E-state index >= 15 is 0 Å². The fraction of sp³-hybridized carbons (Fsp3) is 0.381. The number of ether oxygens (including phenoxy) is 1. The molecule has 4 nitrogen and oxygen atoms in total. The summed E-state index contributed by atoms with van der Waals surface area (Å²) in [6.07, 6.45) is -2.96. The summed E-state index contributed by atoms with van der Waals surface area (Å²) in [6.45, 7) is 1.15. The van der Waals surface area contributed by atoms with Crippen molar-refractivity contribution in [2.75, 3.05) is 13.2 Å². The first-order valence-corrected chi connectivity index (χ1v) is 9.15. The number of alkyl halides is 3. The summed E-state index contributed by atoms with van der Waals surface area (Å²) >= 11 is 0. The summed E-state index contributed by atoms with van der Waals surface area (Å²) < 4.78 is 44.4. The molecule has 1 N–H and O–H groups in total. The van der Waals surface area contributed by atoms with Crippen LogP contribution in [-0.4, -0.2) is 35.2 Å². The maximum Gasteiger partial charge on any atom is 0.416 e. The summed E-state index contributed by atoms with van der Waals surface area (Å²) in [5, 5.41) is 10.0. The normalized spacial score (nSPS) is 16.9. The summed E-state index contributed by atoms with van der Waals surface area (Å²) in [5.41, 5.74) is 0.108. The second kappa shape index (κ2) is 8.65. The van der Waals surface area contributed by atoms with Gasteiger partial charge < -0.3 is 14.7 Å². The van der Waals surface area contributed by atoms with E-state index in [4.69, 9.17) is 4.74 Å². The van der Waals surface area contributed by atoms with Gasteiger partial charge in [0.2, 0.25) is 5.91 Å². The van der Waals surface area contributed by atoms with Gasteiger partial charge in [-0.25, -0.2) is 0 Å². The number of phenolic OH excluding ortho intramolecular Hbond substituents is 1. The van der Waals surface area contributed by atoms with Crippen LogP contribution in [0.25, 0.3) is 0 Å². The molecule has 0 radical (unpaired) electrons. The SMILES string of the molecule is O=C(Cc1cccc(C(F)(F)F)c1)N(Cc1ccccc1O)CC1CCCO1. The Kier molecular flexibility index (Phi) is 6.24. The lowest BCUT2D eigenvalue weighted by Crippen LogP contribution is -2.37. The van der Waals surface area contributed by atoms with Gasteiger partial charge in [0.1, 0.15) is 5.75 Å². The van der Waals surface area contributed by atoms with E-state index in [0.717, 1.165) is 25.0 Å². The third kappa shape index (κ3) is 5.25. The number of amides is 1. The summed E-state index contributed by atoms with van der Waals surface area (Å²) in [7, 11) is 0. The van der Waals surface area contributed by atoms with Crippen LogP contribution in [0.1, 0.15) is 29.5 Å². The number of phenols is 1. The van der Waals surface area contributed by atoms with E-state index in [-0.39, 0.29) is 30.7 Å². The van der Waals surface area contributed by atoms with E-state index in [1.807, 2.05) is 0 Å². The summed E-state index contributed by atoms with van der Waals surface area (Å²) in [4.78, 5) is 14.4. The molecule has 0 bridgehead atoms. The van der Waals surface area contributed by atoms with Crippen molar-refractivity contribution in [3.8, 4) is 5.75 Å². The van der Waals surface area contributed by atoms with Gasteiger partial charge in [-0.3, -0.25) is 4.79 Å². The topological polar surface area (TPSA) is 49.8 Å². The molecule has 1 heterocycles. The Bertz CT molecular complexity index is 817. The summed E-state index contributed by atoms with van der Waals surface area (Å²) in [5.74, 6) is -0.232. The highest BCUT2D eigenvalue weighted by Gasteiger charge is 2.31. The van der Waals surface area contributed by atoms with Crippen LogP contribution in [0.15, 0.2) is 48.5 Å². The Morgan fingerprint density at radius 1 is 1.18 bits per heavy atom. The molecule has 150 valence electrons. The van der Waals surface area contributed by atoms with Crippen LogP contribution >= 0.6 is 0 Å². The van der Waals surface area contributed by atoms with Crippen molar-refractivity contribution in [3.05, 3.63) is 65.2 Å². The molecule has 1 amide bonds. The highest BCUT2D eigenvalue weighted by Crippen LogP contribution is 2.30. The number of para-hydroxylation sites is 1. The second-order valence-corrected chi connectivity index (χ2v) is 6.91. The number of carbonyl (C=O) groups excluding carboxylic acids is 1. The van der Waals surface area contributed by atoms with Crippen LogP contribution in [-0.2, 0) is 28.7 Å². The number of nitrogens with zero attached hydrogens (tertiary/aromatic N) is 1. The Morgan fingerprint density at radius 2 is 1.96 bits per heavy atom. The van der Waals surface area contributed by atoms with Gasteiger partial charge in [-0.1, -0.05) is 36.4 Å². The zero-order chi connectivity index (χ0) is 20.1. The molecule has 1 unspecified atom stereocenters. The van der Waals surface area contributed by atoms with E-state index in [2.05, 4.69) is 0 Å². The van der Waals surface area contributed by atoms with Crippen LogP contribution in [0.3, 0.4) is 0 Å². The number of benzene rings is 2. The zero-order valence-electron chi connectivity index (χ0n) is 15.3. The quantitative estimate of drug-likeness (QED) is 0.802. The van der Waals surface area contributed by atoms with Gasteiger partial charge in [0.05, 0.1) is 18.1 Å². The van der Waals surface area contributed by atoms with E-state index in [1.54, 1.807) is 23.1 Å². The molecule has 2 aromatic carbocycles. The minimum absolute atomic E-state index is 0.0757. The standard InChI is InChI=1S/C21H22F3NO3/c22-21(23,24)17-7-3-5-15(11-17)12-20(27)25(14-18-8-4-10-28-18)13-16-6-1-2-9-19(16)26/h1-3,5-7,9,11,18,26H,4,8,10,12-14H2. The van der Waals surface area contributed by atoms with Crippen LogP contribution < -0.4 is 0 Å². The number of hydrogen-bond acceptors (Lipinski definition) is 3. The Balaban J connectivity index is 1.77. The Hall–Kier alpha value is -2.54. The number of aromatic hydroxyl groups is 1. The lowest BCUT2D eigenvalue weighted by Gasteiger charge is -2.26. The van der Waals surface area contributed by atoms with Gasteiger partial charge in [0.15, 0.2) is 0 Å². The molecule has 7 heteroatoms. The first kappa shape index (κ1) is 20.2. The molecule has 0 aromatic heterocycles. The molecule has 1 fully saturated rings. The molecule has 2 aromatic rings.